The Morgan fingerprint density at radius 1 is 1.21 bits per heavy atom. The molecule has 122 valence electrons. The molecule has 0 atom stereocenters. The fourth-order valence-electron chi connectivity index (χ4n) is 2.31. The van der Waals surface area contributed by atoms with E-state index in [1.807, 2.05) is 0 Å². The number of carbonyl (C=O) groups excluding carboxylic acids is 1. The van der Waals surface area contributed by atoms with Crippen LogP contribution in [0.1, 0.15) is 21.7 Å². The molecule has 0 saturated carbocycles. The zero-order chi connectivity index (χ0) is 17.3. The minimum atomic E-state index is -1.01. The molecule has 0 fully saturated rings. The topological polar surface area (TPSA) is 60.7 Å². The Morgan fingerprint density at radius 3 is 2.75 bits per heavy atom. The van der Waals surface area contributed by atoms with E-state index in [0.29, 0.717) is 11.7 Å². The number of carbonyl (C=O) groups is 1. The molecule has 0 saturated heterocycles. The average molecular weight is 330 g/mol. The fourth-order valence-corrected chi connectivity index (χ4v) is 2.31. The van der Waals surface area contributed by atoms with Crippen LogP contribution in [0.25, 0.3) is 5.65 Å². The summed E-state index contributed by atoms with van der Waals surface area (Å²) in [6.07, 6.45) is 0. The van der Waals surface area contributed by atoms with Crippen molar-refractivity contribution >= 4 is 11.6 Å². The molecule has 0 N–H and O–H groups in total. The molecule has 2 heterocycles. The van der Waals surface area contributed by atoms with Crippen LogP contribution < -0.4 is 5.56 Å². The smallest absolute Gasteiger partial charge is 0.341 e. The van der Waals surface area contributed by atoms with Crippen molar-refractivity contribution in [3.63, 3.8) is 0 Å². The normalized spacial score (nSPS) is 10.8. The molecule has 0 aliphatic rings. The molecule has 7 heteroatoms. The van der Waals surface area contributed by atoms with Gasteiger partial charge in [0.05, 0.1) is 11.3 Å². The number of fused-ring (bicyclic) bond motifs is 1. The first-order valence-corrected chi connectivity index (χ1v) is 7.06. The highest BCUT2D eigenvalue weighted by Gasteiger charge is 2.15. The Morgan fingerprint density at radius 2 is 2.00 bits per heavy atom. The van der Waals surface area contributed by atoms with Crippen LogP contribution in [0, 0.1) is 18.6 Å². The highest BCUT2D eigenvalue weighted by Crippen LogP contribution is 2.12. The number of aromatic nitrogens is 2. The second-order valence-corrected chi connectivity index (χ2v) is 5.15. The fraction of sp³-hybridized carbons (Fsp3) is 0.118. The van der Waals surface area contributed by atoms with Gasteiger partial charge in [-0.2, -0.15) is 0 Å². The van der Waals surface area contributed by atoms with Crippen molar-refractivity contribution in [1.29, 1.82) is 0 Å². The molecular weight excluding hydrogens is 318 g/mol. The second kappa shape index (κ2) is 6.19. The number of nitrogens with zero attached hydrogens (tertiary/aromatic N) is 2. The van der Waals surface area contributed by atoms with E-state index in [4.69, 9.17) is 4.74 Å². The first-order valence-electron chi connectivity index (χ1n) is 7.06. The summed E-state index contributed by atoms with van der Waals surface area (Å²) < 4.78 is 32.8. The maximum absolute atomic E-state index is 13.5. The molecule has 0 unspecified atom stereocenters. The highest BCUT2D eigenvalue weighted by molar-refractivity contribution is 5.89. The molecule has 5 nitrogen and oxygen atoms in total. The van der Waals surface area contributed by atoms with Crippen molar-refractivity contribution < 1.29 is 18.3 Å². The van der Waals surface area contributed by atoms with Gasteiger partial charge in [-0.1, -0.05) is 6.07 Å². The van der Waals surface area contributed by atoms with E-state index in [-0.39, 0.29) is 23.4 Å². The lowest BCUT2D eigenvalue weighted by Gasteiger charge is -2.08. The number of halogens is 2. The van der Waals surface area contributed by atoms with E-state index in [1.54, 1.807) is 25.1 Å². The summed E-state index contributed by atoms with van der Waals surface area (Å²) in [6.45, 7) is 1.47. The Kier molecular flexibility index (Phi) is 4.07. The number of aryl methyl sites for hydroxylation is 1. The highest BCUT2D eigenvalue weighted by atomic mass is 19.1. The molecule has 0 aliphatic heterocycles. The standard InChI is InChI=1S/C17H12F2N2O3/c1-10-3-2-4-15-20-12(8-16(22)21(10)15)9-24-17(23)13-6-5-11(18)7-14(13)19/h2-8H,9H2,1H3. The third-order valence-electron chi connectivity index (χ3n) is 3.44. The Hall–Kier alpha value is -3.09. The third-order valence-corrected chi connectivity index (χ3v) is 3.44. The predicted molar refractivity (Wildman–Crippen MR) is 81.7 cm³/mol. The van der Waals surface area contributed by atoms with Crippen molar-refractivity contribution in [1.82, 2.24) is 9.38 Å². The second-order valence-electron chi connectivity index (χ2n) is 5.15. The largest absolute Gasteiger partial charge is 0.455 e. The monoisotopic (exact) mass is 330 g/mol. The number of ether oxygens (including phenoxy) is 1. The van der Waals surface area contributed by atoms with Gasteiger partial charge in [-0.3, -0.25) is 9.20 Å². The van der Waals surface area contributed by atoms with Gasteiger partial charge in [-0.15, -0.1) is 0 Å². The van der Waals surface area contributed by atoms with Crippen molar-refractivity contribution in [3.8, 4) is 0 Å². The van der Waals surface area contributed by atoms with Crippen LogP contribution in [0.5, 0.6) is 0 Å². The summed E-state index contributed by atoms with van der Waals surface area (Å²) in [4.78, 5) is 28.2. The van der Waals surface area contributed by atoms with Crippen molar-refractivity contribution in [2.75, 3.05) is 0 Å². The maximum Gasteiger partial charge on any atom is 0.341 e. The number of pyridine rings is 1. The van der Waals surface area contributed by atoms with Gasteiger partial charge in [0.2, 0.25) is 0 Å². The van der Waals surface area contributed by atoms with Crippen LogP contribution in [-0.4, -0.2) is 15.4 Å². The van der Waals surface area contributed by atoms with Gasteiger partial charge < -0.3 is 4.74 Å². The molecule has 0 spiro atoms. The molecule has 24 heavy (non-hydrogen) atoms. The van der Waals surface area contributed by atoms with Crippen LogP contribution in [0.15, 0.2) is 47.3 Å². The third kappa shape index (κ3) is 3.01. The van der Waals surface area contributed by atoms with E-state index in [9.17, 15) is 18.4 Å². The summed E-state index contributed by atoms with van der Waals surface area (Å²) in [5.41, 5.74) is 0.687. The van der Waals surface area contributed by atoms with Gasteiger partial charge in [-0.05, 0) is 31.2 Å². The molecule has 2 aromatic heterocycles. The summed E-state index contributed by atoms with van der Waals surface area (Å²) in [5, 5.41) is 0. The van der Waals surface area contributed by atoms with E-state index in [2.05, 4.69) is 4.98 Å². The molecule has 0 aliphatic carbocycles. The number of hydrogen-bond acceptors (Lipinski definition) is 4. The van der Waals surface area contributed by atoms with Crippen LogP contribution >= 0.6 is 0 Å². The SMILES string of the molecule is Cc1cccc2nc(COC(=O)c3ccc(F)cc3F)cc(=O)n12. The number of benzene rings is 1. The minimum absolute atomic E-state index is 0.237. The van der Waals surface area contributed by atoms with Gasteiger partial charge >= 0.3 is 5.97 Å². The first-order chi connectivity index (χ1) is 11.5. The first kappa shape index (κ1) is 15.8. The van der Waals surface area contributed by atoms with Crippen LogP contribution in [0.3, 0.4) is 0 Å². The summed E-state index contributed by atoms with van der Waals surface area (Å²) in [7, 11) is 0. The molecule has 0 bridgehead atoms. The molecule has 3 rings (SSSR count). The Balaban J connectivity index is 1.83. The van der Waals surface area contributed by atoms with Gasteiger partial charge in [0.25, 0.3) is 5.56 Å². The zero-order valence-electron chi connectivity index (χ0n) is 12.6. The van der Waals surface area contributed by atoms with Gasteiger partial charge in [-0.25, -0.2) is 18.6 Å². The van der Waals surface area contributed by atoms with Crippen LogP contribution in [0.4, 0.5) is 8.78 Å². The average Bonchev–Trinajstić information content (AvgIpc) is 2.52. The lowest BCUT2D eigenvalue weighted by molar-refractivity contribution is 0.0462. The summed E-state index contributed by atoms with van der Waals surface area (Å²) >= 11 is 0. The number of hydrogen-bond donors (Lipinski definition) is 0. The quantitative estimate of drug-likeness (QED) is 0.693. The van der Waals surface area contributed by atoms with E-state index in [0.717, 1.165) is 17.8 Å². The van der Waals surface area contributed by atoms with Crippen LogP contribution in [-0.2, 0) is 11.3 Å². The lowest BCUT2D eigenvalue weighted by Crippen LogP contribution is -2.18. The molecule has 3 aromatic rings. The van der Waals surface area contributed by atoms with Gasteiger partial charge in [0.1, 0.15) is 23.9 Å². The molecule has 0 amide bonds. The summed E-state index contributed by atoms with van der Waals surface area (Å²) in [6, 6.07) is 8.98. The Bertz CT molecular complexity index is 999. The predicted octanol–water partition coefficient (Wildman–Crippen LogP) is 2.64. The molecular formula is C17H12F2N2O3. The summed E-state index contributed by atoms with van der Waals surface area (Å²) in [5.74, 6) is -2.76. The van der Waals surface area contributed by atoms with E-state index < -0.39 is 17.6 Å². The number of rotatable bonds is 3. The van der Waals surface area contributed by atoms with Crippen LogP contribution in [0.2, 0.25) is 0 Å². The van der Waals surface area contributed by atoms with Crippen molar-refractivity contribution in [2.45, 2.75) is 13.5 Å². The van der Waals surface area contributed by atoms with Crippen molar-refractivity contribution in [2.24, 2.45) is 0 Å². The van der Waals surface area contributed by atoms with Gasteiger partial charge in [0.15, 0.2) is 0 Å². The van der Waals surface area contributed by atoms with Gasteiger partial charge in [0, 0.05) is 17.8 Å². The van der Waals surface area contributed by atoms with Crippen molar-refractivity contribution in [3.05, 3.63) is 81.4 Å². The minimum Gasteiger partial charge on any atom is -0.455 e. The van der Waals surface area contributed by atoms with E-state index >= 15 is 0 Å². The lowest BCUT2D eigenvalue weighted by atomic mass is 10.2. The zero-order valence-corrected chi connectivity index (χ0v) is 12.6. The molecule has 1 aromatic carbocycles. The number of esters is 1. The molecule has 0 radical (unpaired) electrons. The van der Waals surface area contributed by atoms with E-state index in [1.165, 1.54) is 10.5 Å². The maximum atomic E-state index is 13.5. The Labute approximate surface area is 135 Å².